The normalized spacial score (nSPS) is 11.9. The van der Waals surface area contributed by atoms with Crippen molar-refractivity contribution in [1.29, 1.82) is 0 Å². The van der Waals surface area contributed by atoms with Crippen LogP contribution in [0, 0.1) is 6.92 Å². The molecule has 0 saturated heterocycles. The van der Waals surface area contributed by atoms with Crippen molar-refractivity contribution in [2.24, 2.45) is 5.14 Å². The lowest BCUT2D eigenvalue weighted by Gasteiger charge is -1.88. The Kier molecular flexibility index (Phi) is 2.52. The van der Waals surface area contributed by atoms with E-state index in [0.717, 1.165) is 16.9 Å². The van der Waals surface area contributed by atoms with Crippen molar-refractivity contribution in [2.75, 3.05) is 0 Å². The number of primary sulfonamides is 1. The van der Waals surface area contributed by atoms with E-state index in [-0.39, 0.29) is 10.8 Å². The fourth-order valence-electron chi connectivity index (χ4n) is 0.786. The number of thiophene rings is 1. The Morgan fingerprint density at radius 2 is 2.25 bits per heavy atom. The first-order chi connectivity index (χ1) is 5.45. The van der Waals surface area contributed by atoms with Crippen LogP contribution < -0.4 is 5.14 Å². The predicted molar refractivity (Wildman–Crippen MR) is 46.4 cm³/mol. The summed E-state index contributed by atoms with van der Waals surface area (Å²) in [4.78, 5) is 0.638. The molecule has 68 valence electrons. The Bertz CT molecular complexity index is 379. The van der Waals surface area contributed by atoms with Crippen LogP contribution in [0.25, 0.3) is 0 Å². The SMILES string of the molecule is Cc1cc(S(N)(=O)=O)sc1CO. The molecule has 1 aromatic rings. The zero-order valence-electron chi connectivity index (χ0n) is 6.44. The summed E-state index contributed by atoms with van der Waals surface area (Å²) in [5, 5.41) is 13.7. The number of hydrogen-bond donors (Lipinski definition) is 2. The lowest BCUT2D eigenvalue weighted by atomic mass is 10.3. The quantitative estimate of drug-likeness (QED) is 0.726. The van der Waals surface area contributed by atoms with Gasteiger partial charge in [-0.2, -0.15) is 0 Å². The third kappa shape index (κ3) is 1.84. The number of sulfonamides is 1. The molecule has 12 heavy (non-hydrogen) atoms. The third-order valence-electron chi connectivity index (χ3n) is 1.42. The highest BCUT2D eigenvalue weighted by Crippen LogP contribution is 2.24. The van der Waals surface area contributed by atoms with Crippen molar-refractivity contribution in [2.45, 2.75) is 17.7 Å². The standard InChI is InChI=1S/C6H9NO3S2/c1-4-2-6(12(7,9)10)11-5(4)3-8/h2,8H,3H2,1H3,(H2,7,9,10). The first kappa shape index (κ1) is 9.66. The molecule has 0 aliphatic rings. The number of aliphatic hydroxyl groups is 1. The minimum absolute atomic E-state index is 0.101. The molecule has 0 atom stereocenters. The van der Waals surface area contributed by atoms with Gasteiger partial charge in [-0.15, -0.1) is 11.3 Å². The van der Waals surface area contributed by atoms with Crippen LogP contribution in [0.2, 0.25) is 0 Å². The van der Waals surface area contributed by atoms with Crippen LogP contribution in [0.15, 0.2) is 10.3 Å². The van der Waals surface area contributed by atoms with E-state index in [0.29, 0.717) is 4.88 Å². The average Bonchev–Trinajstić information content (AvgIpc) is 2.29. The van der Waals surface area contributed by atoms with Crippen molar-refractivity contribution >= 4 is 21.4 Å². The molecule has 0 saturated carbocycles. The van der Waals surface area contributed by atoms with Gasteiger partial charge in [0.25, 0.3) is 0 Å². The van der Waals surface area contributed by atoms with Crippen molar-refractivity contribution in [1.82, 2.24) is 0 Å². The van der Waals surface area contributed by atoms with Gasteiger partial charge in [-0.1, -0.05) is 0 Å². The second kappa shape index (κ2) is 3.14. The summed E-state index contributed by atoms with van der Waals surface area (Å²) in [7, 11) is -3.61. The van der Waals surface area contributed by atoms with E-state index < -0.39 is 10.0 Å². The second-order valence-electron chi connectivity index (χ2n) is 2.37. The van der Waals surface area contributed by atoms with E-state index in [1.807, 2.05) is 0 Å². The summed E-state index contributed by atoms with van der Waals surface area (Å²) in [6, 6.07) is 1.46. The lowest BCUT2D eigenvalue weighted by molar-refractivity contribution is 0.285. The van der Waals surface area contributed by atoms with E-state index in [9.17, 15) is 8.42 Å². The summed E-state index contributed by atoms with van der Waals surface area (Å²) in [6.07, 6.45) is 0. The largest absolute Gasteiger partial charge is 0.391 e. The van der Waals surface area contributed by atoms with E-state index in [2.05, 4.69) is 0 Å². The van der Waals surface area contributed by atoms with Crippen LogP contribution in [0.5, 0.6) is 0 Å². The highest BCUT2D eigenvalue weighted by atomic mass is 32.2. The molecule has 0 fully saturated rings. The summed E-state index contributed by atoms with van der Waals surface area (Å²) >= 11 is 1.00. The molecule has 0 unspecified atom stereocenters. The number of nitrogens with two attached hydrogens (primary N) is 1. The molecule has 1 aromatic heterocycles. The first-order valence-electron chi connectivity index (χ1n) is 3.18. The fourth-order valence-corrected chi connectivity index (χ4v) is 2.66. The van der Waals surface area contributed by atoms with Gasteiger partial charge >= 0.3 is 0 Å². The van der Waals surface area contributed by atoms with Crippen LogP contribution >= 0.6 is 11.3 Å². The van der Waals surface area contributed by atoms with Gasteiger partial charge in [0.15, 0.2) is 0 Å². The van der Waals surface area contributed by atoms with Gasteiger partial charge in [0.2, 0.25) is 10.0 Å². The molecule has 0 spiro atoms. The number of hydrogen-bond acceptors (Lipinski definition) is 4. The van der Waals surface area contributed by atoms with Gasteiger partial charge in [-0.25, -0.2) is 13.6 Å². The van der Waals surface area contributed by atoms with E-state index in [1.165, 1.54) is 6.07 Å². The van der Waals surface area contributed by atoms with Gasteiger partial charge in [-0.3, -0.25) is 0 Å². The van der Waals surface area contributed by atoms with Crippen LogP contribution in [0.4, 0.5) is 0 Å². The van der Waals surface area contributed by atoms with Gasteiger partial charge in [0.05, 0.1) is 6.61 Å². The molecular formula is C6H9NO3S2. The number of aliphatic hydroxyl groups excluding tert-OH is 1. The smallest absolute Gasteiger partial charge is 0.247 e. The van der Waals surface area contributed by atoms with Crippen molar-refractivity contribution in [3.05, 3.63) is 16.5 Å². The molecule has 6 heteroatoms. The maximum Gasteiger partial charge on any atom is 0.247 e. The molecule has 1 rings (SSSR count). The van der Waals surface area contributed by atoms with E-state index in [1.54, 1.807) is 6.92 Å². The summed E-state index contributed by atoms with van der Waals surface area (Å²) in [5.74, 6) is 0. The second-order valence-corrected chi connectivity index (χ2v) is 5.30. The Morgan fingerprint density at radius 3 is 2.50 bits per heavy atom. The minimum Gasteiger partial charge on any atom is -0.391 e. The molecule has 1 heterocycles. The maximum absolute atomic E-state index is 10.8. The predicted octanol–water partition coefficient (Wildman–Crippen LogP) is 0.196. The Morgan fingerprint density at radius 1 is 1.67 bits per heavy atom. The van der Waals surface area contributed by atoms with Crippen molar-refractivity contribution in [3.8, 4) is 0 Å². The Hall–Kier alpha value is -0.430. The van der Waals surface area contributed by atoms with Crippen molar-refractivity contribution in [3.63, 3.8) is 0 Å². The van der Waals surface area contributed by atoms with Crippen LogP contribution in [0.3, 0.4) is 0 Å². The Balaban J connectivity index is 3.23. The van der Waals surface area contributed by atoms with Crippen LogP contribution in [0.1, 0.15) is 10.4 Å². The van der Waals surface area contributed by atoms with Gasteiger partial charge in [-0.05, 0) is 18.6 Å². The minimum atomic E-state index is -3.61. The summed E-state index contributed by atoms with van der Waals surface area (Å²) in [5.41, 5.74) is 0.756. The van der Waals surface area contributed by atoms with Gasteiger partial charge < -0.3 is 5.11 Å². The zero-order chi connectivity index (χ0) is 9.35. The number of rotatable bonds is 2. The summed E-state index contributed by atoms with van der Waals surface area (Å²) < 4.78 is 21.7. The molecule has 0 aromatic carbocycles. The molecule has 4 nitrogen and oxygen atoms in total. The van der Waals surface area contributed by atoms with Gasteiger partial charge in [0.1, 0.15) is 4.21 Å². The van der Waals surface area contributed by atoms with Crippen LogP contribution in [-0.4, -0.2) is 13.5 Å². The Labute approximate surface area is 74.7 Å². The lowest BCUT2D eigenvalue weighted by Crippen LogP contribution is -2.09. The molecule has 0 bridgehead atoms. The zero-order valence-corrected chi connectivity index (χ0v) is 8.08. The van der Waals surface area contributed by atoms with Crippen molar-refractivity contribution < 1.29 is 13.5 Å². The van der Waals surface area contributed by atoms with E-state index >= 15 is 0 Å². The third-order valence-corrected chi connectivity index (χ3v) is 4.06. The molecule has 0 amide bonds. The number of aryl methyl sites for hydroxylation is 1. The molecule has 3 N–H and O–H groups in total. The summed E-state index contributed by atoms with van der Waals surface area (Å²) in [6.45, 7) is 1.59. The highest BCUT2D eigenvalue weighted by Gasteiger charge is 2.13. The topological polar surface area (TPSA) is 80.4 Å². The highest BCUT2D eigenvalue weighted by molar-refractivity contribution is 7.91. The first-order valence-corrected chi connectivity index (χ1v) is 5.54. The fraction of sp³-hybridized carbons (Fsp3) is 0.333. The van der Waals surface area contributed by atoms with E-state index in [4.69, 9.17) is 10.2 Å². The average molecular weight is 207 g/mol. The monoisotopic (exact) mass is 207 g/mol. The van der Waals surface area contributed by atoms with Crippen LogP contribution in [-0.2, 0) is 16.6 Å². The molecule has 0 radical (unpaired) electrons. The molecule has 0 aliphatic carbocycles. The molecule has 0 aliphatic heterocycles. The van der Waals surface area contributed by atoms with Gasteiger partial charge in [0, 0.05) is 4.88 Å². The maximum atomic E-state index is 10.8. The molecular weight excluding hydrogens is 198 g/mol.